The molecule has 0 spiro atoms. The molecule has 2 bridgehead atoms. The minimum Gasteiger partial charge on any atom is -0.401 e. The van der Waals surface area contributed by atoms with Gasteiger partial charge in [0.1, 0.15) is 6.10 Å². The third-order valence-electron chi connectivity index (χ3n) is 4.54. The average Bonchev–Trinajstić information content (AvgIpc) is 2.70. The minimum atomic E-state index is -0.359. The molecule has 0 amide bonds. The number of benzene rings is 2. The van der Waals surface area contributed by atoms with Crippen molar-refractivity contribution in [2.24, 2.45) is 0 Å². The van der Waals surface area contributed by atoms with Crippen LogP contribution in [0.5, 0.6) is 0 Å². The first kappa shape index (κ1) is 18.0. The number of fused-ring (bicyclic) bond motifs is 2. The van der Waals surface area contributed by atoms with Crippen LogP contribution >= 0.6 is 23.5 Å². The van der Waals surface area contributed by atoms with Gasteiger partial charge in [0, 0.05) is 17.8 Å². The number of nitriles is 1. The van der Waals surface area contributed by atoms with Crippen molar-refractivity contribution in [2.45, 2.75) is 27.8 Å². The van der Waals surface area contributed by atoms with E-state index in [0.29, 0.717) is 5.56 Å². The lowest BCUT2D eigenvalue weighted by atomic mass is 9.76. The Kier molecular flexibility index (Phi) is 5.58. The van der Waals surface area contributed by atoms with Crippen LogP contribution in [0.1, 0.15) is 5.56 Å². The molecule has 0 aromatic heterocycles. The molecule has 4 rings (SSSR count). The maximum Gasteiger partial charge on any atom is 0.494 e. The molecule has 0 N–H and O–H groups in total. The molecule has 2 aliphatic rings. The summed E-state index contributed by atoms with van der Waals surface area (Å²) in [5.41, 5.74) is 1.71. The molecule has 2 aromatic rings. The second-order valence-corrected chi connectivity index (χ2v) is 8.86. The van der Waals surface area contributed by atoms with Crippen LogP contribution in [0, 0.1) is 11.3 Å². The molecule has 2 fully saturated rings. The van der Waals surface area contributed by atoms with Crippen LogP contribution in [0.25, 0.3) is 0 Å². The normalized spacial score (nSPS) is 27.8. The van der Waals surface area contributed by atoms with Gasteiger partial charge < -0.3 is 14.0 Å². The van der Waals surface area contributed by atoms with E-state index in [2.05, 4.69) is 6.07 Å². The van der Waals surface area contributed by atoms with E-state index in [1.54, 1.807) is 18.9 Å². The van der Waals surface area contributed by atoms with Crippen molar-refractivity contribution in [3.05, 3.63) is 60.2 Å². The predicted octanol–water partition coefficient (Wildman–Crippen LogP) is 2.92. The van der Waals surface area contributed by atoms with E-state index in [4.69, 9.17) is 19.3 Å². The molecule has 26 heavy (non-hydrogen) atoms. The average molecular weight is 383 g/mol. The highest BCUT2D eigenvalue weighted by atomic mass is 32.2. The standard InChI is InChI=1S/C19H18BNO3S2/c1-22-17-16-12-25-19(26-15-9-7-13(11-21)8-10-15)18(17)24-20(23-16)14-5-3-2-4-6-14/h2-10,16-19H,12H2,1H3/t16-,17-,18+,19-/m0/s1. The van der Waals surface area contributed by atoms with Crippen molar-refractivity contribution < 1.29 is 14.0 Å². The fourth-order valence-electron chi connectivity index (χ4n) is 3.23. The number of hydrogen-bond donors (Lipinski definition) is 0. The number of thioether (sulfide) groups is 2. The van der Waals surface area contributed by atoms with Crippen molar-refractivity contribution in [1.29, 1.82) is 5.26 Å². The molecule has 2 aromatic carbocycles. The number of rotatable bonds is 4. The largest absolute Gasteiger partial charge is 0.494 e. The van der Waals surface area contributed by atoms with Crippen LogP contribution in [0.3, 0.4) is 0 Å². The lowest BCUT2D eigenvalue weighted by Gasteiger charge is -2.47. The topological polar surface area (TPSA) is 51.5 Å². The van der Waals surface area contributed by atoms with Gasteiger partial charge in [-0.05, 0) is 29.7 Å². The summed E-state index contributed by atoms with van der Waals surface area (Å²) in [5.74, 6) is 0.871. The third-order valence-corrected chi connectivity index (χ3v) is 7.40. The summed E-state index contributed by atoms with van der Waals surface area (Å²) in [6.07, 6.45) is -0.123. The van der Waals surface area contributed by atoms with Crippen molar-refractivity contribution in [3.63, 3.8) is 0 Å². The lowest BCUT2D eigenvalue weighted by Crippen LogP contribution is -2.62. The van der Waals surface area contributed by atoms with Crippen molar-refractivity contribution in [1.82, 2.24) is 0 Å². The molecule has 2 aliphatic heterocycles. The second kappa shape index (κ2) is 8.07. The molecular formula is C19H18BNO3S2. The van der Waals surface area contributed by atoms with Gasteiger partial charge in [-0.15, -0.1) is 23.5 Å². The van der Waals surface area contributed by atoms with Gasteiger partial charge in [0.2, 0.25) is 0 Å². The molecule has 4 atom stereocenters. The zero-order valence-corrected chi connectivity index (χ0v) is 15.9. The van der Waals surface area contributed by atoms with Crippen molar-refractivity contribution in [2.75, 3.05) is 12.9 Å². The summed E-state index contributed by atoms with van der Waals surface area (Å²) >= 11 is 3.61. The van der Waals surface area contributed by atoms with Gasteiger partial charge in [-0.1, -0.05) is 30.3 Å². The van der Waals surface area contributed by atoms with Crippen LogP contribution in [-0.4, -0.2) is 42.9 Å². The first-order valence-corrected chi connectivity index (χ1v) is 10.4. The summed E-state index contributed by atoms with van der Waals surface area (Å²) in [4.78, 5) is 1.13. The van der Waals surface area contributed by atoms with Crippen molar-refractivity contribution in [3.8, 4) is 6.07 Å². The highest BCUT2D eigenvalue weighted by Gasteiger charge is 2.50. The molecule has 2 heterocycles. The van der Waals surface area contributed by atoms with Crippen LogP contribution in [-0.2, 0) is 14.0 Å². The van der Waals surface area contributed by atoms with Crippen molar-refractivity contribution >= 4 is 36.1 Å². The summed E-state index contributed by atoms with van der Waals surface area (Å²) in [5, 5.41) is 8.96. The second-order valence-electron chi connectivity index (χ2n) is 6.17. The maximum absolute atomic E-state index is 8.96. The molecule has 0 saturated carbocycles. The predicted molar refractivity (Wildman–Crippen MR) is 106 cm³/mol. The Hall–Kier alpha value is -1.43. The van der Waals surface area contributed by atoms with Crippen LogP contribution in [0.2, 0.25) is 0 Å². The van der Waals surface area contributed by atoms with Gasteiger partial charge in [-0.3, -0.25) is 0 Å². The zero-order valence-electron chi connectivity index (χ0n) is 14.3. The lowest BCUT2D eigenvalue weighted by molar-refractivity contribution is -0.0992. The number of methoxy groups -OCH3 is 1. The fraction of sp³-hybridized carbons (Fsp3) is 0.316. The van der Waals surface area contributed by atoms with Gasteiger partial charge in [-0.25, -0.2) is 0 Å². The number of ether oxygens (including phenoxy) is 1. The van der Waals surface area contributed by atoms with Gasteiger partial charge in [0.15, 0.2) is 0 Å². The van der Waals surface area contributed by atoms with E-state index < -0.39 is 0 Å². The quantitative estimate of drug-likeness (QED) is 0.757. The SMILES string of the molecule is CO[C@@H]1[C@H]2OB(c3ccccc3)O[C@H]1CS[C@H]2Sc1ccc(C#N)cc1. The molecule has 0 aliphatic carbocycles. The molecule has 0 unspecified atom stereocenters. The van der Waals surface area contributed by atoms with Gasteiger partial charge >= 0.3 is 7.12 Å². The van der Waals surface area contributed by atoms with E-state index in [-0.39, 0.29) is 30.0 Å². The highest BCUT2D eigenvalue weighted by molar-refractivity contribution is 8.17. The van der Waals surface area contributed by atoms with Crippen LogP contribution < -0.4 is 5.46 Å². The summed E-state index contributed by atoms with van der Waals surface area (Å²) in [6, 6.07) is 19.9. The van der Waals surface area contributed by atoms with E-state index in [1.165, 1.54) is 0 Å². The van der Waals surface area contributed by atoms with E-state index in [1.807, 2.05) is 66.4 Å². The van der Waals surface area contributed by atoms with Gasteiger partial charge in [0.05, 0.1) is 28.4 Å². The first-order chi connectivity index (χ1) is 12.8. The molecule has 132 valence electrons. The van der Waals surface area contributed by atoms with E-state index >= 15 is 0 Å². The summed E-state index contributed by atoms with van der Waals surface area (Å²) in [6.45, 7) is 0. The smallest absolute Gasteiger partial charge is 0.401 e. The molecule has 4 nitrogen and oxygen atoms in total. The Balaban J connectivity index is 1.53. The van der Waals surface area contributed by atoms with Crippen LogP contribution in [0.4, 0.5) is 0 Å². The molecule has 2 saturated heterocycles. The summed E-state index contributed by atoms with van der Waals surface area (Å²) in [7, 11) is 1.36. The third kappa shape index (κ3) is 3.66. The maximum atomic E-state index is 8.96. The van der Waals surface area contributed by atoms with Gasteiger partial charge in [-0.2, -0.15) is 5.26 Å². The molecule has 7 heteroatoms. The van der Waals surface area contributed by atoms with E-state index in [9.17, 15) is 0 Å². The zero-order chi connectivity index (χ0) is 17.9. The fourth-order valence-corrected chi connectivity index (χ4v) is 6.05. The molecule has 0 radical (unpaired) electrons. The minimum absolute atomic E-state index is 0.0202. The Morgan fingerprint density at radius 3 is 2.62 bits per heavy atom. The van der Waals surface area contributed by atoms with Crippen LogP contribution in [0.15, 0.2) is 59.5 Å². The summed E-state index contributed by atoms with van der Waals surface area (Å²) < 4.78 is 18.4. The Morgan fingerprint density at radius 1 is 1.15 bits per heavy atom. The highest BCUT2D eigenvalue weighted by Crippen LogP contribution is 2.43. The molecular weight excluding hydrogens is 365 g/mol. The Bertz CT molecular complexity index is 784. The Labute approximate surface area is 162 Å². The number of nitrogens with zero attached hydrogens (tertiary/aromatic N) is 1. The van der Waals surface area contributed by atoms with E-state index in [0.717, 1.165) is 16.1 Å². The monoisotopic (exact) mass is 383 g/mol. The first-order valence-electron chi connectivity index (χ1n) is 8.45. The van der Waals surface area contributed by atoms with Gasteiger partial charge in [0.25, 0.3) is 0 Å². The number of hydrogen-bond acceptors (Lipinski definition) is 6. The Morgan fingerprint density at radius 2 is 1.92 bits per heavy atom.